The molecule has 3 aromatic heterocycles. The average molecular weight is 743 g/mol. The minimum atomic E-state index is -0.190. The molecular formula is C54H34N2O2. The van der Waals surface area contributed by atoms with Crippen LogP contribution in [0.15, 0.2) is 199 Å². The molecule has 2 aliphatic rings. The fourth-order valence-corrected chi connectivity index (χ4v) is 10.1. The zero-order chi connectivity index (χ0) is 37.9. The molecule has 58 heavy (non-hydrogen) atoms. The van der Waals surface area contributed by atoms with Gasteiger partial charge in [0.2, 0.25) is 0 Å². The van der Waals surface area contributed by atoms with Gasteiger partial charge < -0.3 is 18.3 Å². The summed E-state index contributed by atoms with van der Waals surface area (Å²) in [6.07, 6.45) is 6.71. The molecule has 2 unspecified atom stereocenters. The molecule has 1 aliphatic heterocycles. The zero-order valence-corrected chi connectivity index (χ0v) is 31.3. The van der Waals surface area contributed by atoms with E-state index in [1.54, 1.807) is 0 Å². The molecule has 4 heteroatoms. The minimum Gasteiger partial charge on any atom is -0.481 e. The SMILES string of the molecule is C1=CC2Oc3c(c(-c4ccccc4)c(-c4ccccc4)c4c3oc3ccc(-n5c6ccccc6c6ccccc65)cc34)C2C=C1n1c2ccccc2c2ccccc21. The highest BCUT2D eigenvalue weighted by Gasteiger charge is 2.41. The van der Waals surface area contributed by atoms with E-state index in [1.807, 2.05) is 0 Å². The van der Waals surface area contributed by atoms with Crippen molar-refractivity contribution >= 4 is 71.2 Å². The maximum atomic E-state index is 7.13. The Labute approximate surface area is 333 Å². The van der Waals surface area contributed by atoms with E-state index in [2.05, 4.69) is 203 Å². The summed E-state index contributed by atoms with van der Waals surface area (Å²) in [5, 5.41) is 7.10. The van der Waals surface area contributed by atoms with Crippen LogP contribution in [0.5, 0.6) is 5.75 Å². The number of furan rings is 1. The van der Waals surface area contributed by atoms with Gasteiger partial charge in [-0.05, 0) is 77.4 Å². The molecule has 0 spiro atoms. The van der Waals surface area contributed by atoms with Crippen LogP contribution in [-0.2, 0) is 0 Å². The predicted octanol–water partition coefficient (Wildman–Crippen LogP) is 14.1. The molecule has 0 fully saturated rings. The van der Waals surface area contributed by atoms with Crippen molar-refractivity contribution in [2.45, 2.75) is 12.0 Å². The van der Waals surface area contributed by atoms with E-state index in [1.165, 1.54) is 49.2 Å². The first-order chi connectivity index (χ1) is 28.8. The van der Waals surface area contributed by atoms with E-state index < -0.39 is 0 Å². The third kappa shape index (κ3) is 4.34. The van der Waals surface area contributed by atoms with Crippen LogP contribution in [0, 0.1) is 0 Å². The smallest absolute Gasteiger partial charge is 0.178 e. The topological polar surface area (TPSA) is 32.2 Å². The lowest BCUT2D eigenvalue weighted by atomic mass is 9.80. The maximum absolute atomic E-state index is 7.13. The molecule has 1 aliphatic carbocycles. The van der Waals surface area contributed by atoms with Crippen molar-refractivity contribution in [1.82, 2.24) is 9.13 Å². The maximum Gasteiger partial charge on any atom is 0.178 e. The molecular weight excluding hydrogens is 709 g/mol. The molecule has 13 rings (SSSR count). The van der Waals surface area contributed by atoms with E-state index in [0.717, 1.165) is 61.3 Å². The predicted molar refractivity (Wildman–Crippen MR) is 239 cm³/mol. The van der Waals surface area contributed by atoms with Crippen molar-refractivity contribution in [3.05, 3.63) is 200 Å². The molecule has 0 bridgehead atoms. The normalized spacial score (nSPS) is 16.1. The lowest BCUT2D eigenvalue weighted by Gasteiger charge is -2.22. The summed E-state index contributed by atoms with van der Waals surface area (Å²) >= 11 is 0. The Kier molecular flexibility index (Phi) is 6.53. The molecule has 2 atom stereocenters. The molecule has 0 saturated heterocycles. The van der Waals surface area contributed by atoms with Gasteiger partial charge >= 0.3 is 0 Å². The number of nitrogens with zero attached hydrogens (tertiary/aromatic N) is 2. The summed E-state index contributed by atoms with van der Waals surface area (Å²) in [6.45, 7) is 0. The molecule has 11 aromatic rings. The quantitative estimate of drug-likeness (QED) is 0.180. The van der Waals surface area contributed by atoms with Gasteiger partial charge in [0.05, 0.1) is 22.1 Å². The Bertz CT molecular complexity index is 3440. The van der Waals surface area contributed by atoms with Gasteiger partial charge in [0, 0.05) is 60.7 Å². The van der Waals surface area contributed by atoms with Crippen LogP contribution in [0.2, 0.25) is 0 Å². The molecule has 0 N–H and O–H groups in total. The van der Waals surface area contributed by atoms with Gasteiger partial charge in [-0.3, -0.25) is 0 Å². The van der Waals surface area contributed by atoms with Gasteiger partial charge in [-0.2, -0.15) is 0 Å². The summed E-state index contributed by atoms with van der Waals surface area (Å²) in [5.41, 5.74) is 14.4. The second-order valence-corrected chi connectivity index (χ2v) is 15.5. The van der Waals surface area contributed by atoms with Crippen LogP contribution in [0.3, 0.4) is 0 Å². The molecule has 0 saturated carbocycles. The molecule has 8 aromatic carbocycles. The monoisotopic (exact) mass is 742 g/mol. The van der Waals surface area contributed by atoms with E-state index in [9.17, 15) is 0 Å². The highest BCUT2D eigenvalue weighted by atomic mass is 16.5. The number of ether oxygens (including phenoxy) is 1. The van der Waals surface area contributed by atoms with Crippen molar-refractivity contribution in [2.75, 3.05) is 0 Å². The number of allylic oxidation sites excluding steroid dienone is 2. The highest BCUT2D eigenvalue weighted by Crippen LogP contribution is 2.57. The number of hydrogen-bond acceptors (Lipinski definition) is 2. The Morgan fingerprint density at radius 2 is 0.983 bits per heavy atom. The fourth-order valence-electron chi connectivity index (χ4n) is 10.1. The van der Waals surface area contributed by atoms with Crippen molar-refractivity contribution in [3.63, 3.8) is 0 Å². The van der Waals surface area contributed by atoms with Crippen LogP contribution < -0.4 is 4.74 Å². The second-order valence-electron chi connectivity index (χ2n) is 15.5. The average Bonchev–Trinajstić information content (AvgIpc) is 4.04. The summed E-state index contributed by atoms with van der Waals surface area (Å²) in [4.78, 5) is 0. The molecule has 4 heterocycles. The lowest BCUT2D eigenvalue weighted by Crippen LogP contribution is -2.18. The molecule has 0 amide bonds. The zero-order valence-electron chi connectivity index (χ0n) is 31.3. The minimum absolute atomic E-state index is 0.0571. The van der Waals surface area contributed by atoms with Gasteiger partial charge in [0.15, 0.2) is 11.3 Å². The van der Waals surface area contributed by atoms with Gasteiger partial charge in [-0.25, -0.2) is 0 Å². The van der Waals surface area contributed by atoms with Crippen molar-refractivity contribution in [1.29, 1.82) is 0 Å². The Morgan fingerprint density at radius 3 is 1.57 bits per heavy atom. The summed E-state index contributed by atoms with van der Waals surface area (Å²) < 4.78 is 18.9. The van der Waals surface area contributed by atoms with E-state index in [-0.39, 0.29) is 12.0 Å². The van der Waals surface area contributed by atoms with Gasteiger partial charge in [0.25, 0.3) is 0 Å². The third-order valence-electron chi connectivity index (χ3n) is 12.4. The van der Waals surface area contributed by atoms with Crippen LogP contribution in [0.4, 0.5) is 0 Å². The fraction of sp³-hybridized carbons (Fsp3) is 0.0370. The van der Waals surface area contributed by atoms with Crippen LogP contribution in [0.25, 0.3) is 99.2 Å². The van der Waals surface area contributed by atoms with Crippen molar-refractivity contribution < 1.29 is 9.15 Å². The summed E-state index contributed by atoms with van der Waals surface area (Å²) in [5.74, 6) is 0.765. The third-order valence-corrected chi connectivity index (χ3v) is 12.4. The van der Waals surface area contributed by atoms with Crippen LogP contribution in [0.1, 0.15) is 11.5 Å². The van der Waals surface area contributed by atoms with Gasteiger partial charge in [-0.15, -0.1) is 0 Å². The number of aromatic nitrogens is 2. The largest absolute Gasteiger partial charge is 0.481 e. The van der Waals surface area contributed by atoms with Crippen LogP contribution >= 0.6 is 0 Å². The van der Waals surface area contributed by atoms with E-state index in [4.69, 9.17) is 9.15 Å². The number of benzene rings is 8. The number of para-hydroxylation sites is 4. The highest BCUT2D eigenvalue weighted by molar-refractivity contribution is 6.20. The number of hydrogen-bond donors (Lipinski definition) is 0. The van der Waals surface area contributed by atoms with E-state index in [0.29, 0.717) is 0 Å². The van der Waals surface area contributed by atoms with Gasteiger partial charge in [-0.1, -0.05) is 133 Å². The Hall–Kier alpha value is -7.56. The summed E-state index contributed by atoms with van der Waals surface area (Å²) in [7, 11) is 0. The first kappa shape index (κ1) is 31.6. The molecule has 0 radical (unpaired) electrons. The van der Waals surface area contributed by atoms with E-state index >= 15 is 0 Å². The Balaban J connectivity index is 1.12. The Morgan fingerprint density at radius 1 is 0.466 bits per heavy atom. The summed E-state index contributed by atoms with van der Waals surface area (Å²) in [6, 6.07) is 63.1. The molecule has 4 nitrogen and oxygen atoms in total. The first-order valence-corrected chi connectivity index (χ1v) is 20.0. The second kappa shape index (κ2) is 12.0. The molecule has 272 valence electrons. The number of fused-ring (bicyclic) bond motifs is 13. The van der Waals surface area contributed by atoms with Crippen molar-refractivity contribution in [3.8, 4) is 33.7 Å². The van der Waals surface area contributed by atoms with Crippen LogP contribution in [-0.4, -0.2) is 15.2 Å². The first-order valence-electron chi connectivity index (χ1n) is 20.0. The lowest BCUT2D eigenvalue weighted by molar-refractivity contribution is 0.269. The van der Waals surface area contributed by atoms with Gasteiger partial charge in [0.1, 0.15) is 11.7 Å². The van der Waals surface area contributed by atoms with Crippen molar-refractivity contribution in [2.24, 2.45) is 0 Å². The number of rotatable bonds is 4. The standard InChI is InChI=1S/C54H34N2O2/c1-3-15-33(16-4-1)49-50(34-17-5-2-6-18-34)52-42-32-36(56-45-25-13-9-21-39(45)40-22-10-14-26-46(40)56)28-30-48(42)58-54(52)53-51(49)41-31-35(27-29-47(41)57-53)55-43-23-11-7-19-37(43)38-20-8-12-24-44(38)55/h1-32,41,47H.